The Morgan fingerprint density at radius 3 is 2.81 bits per heavy atom. The molecule has 2 aromatic rings. The van der Waals surface area contributed by atoms with E-state index in [1.54, 1.807) is 14.2 Å². The van der Waals surface area contributed by atoms with E-state index in [2.05, 4.69) is 17.4 Å². The first kappa shape index (κ1) is 13.6. The molecule has 1 N–H and O–H groups in total. The minimum atomic E-state index is 0.746. The van der Waals surface area contributed by atoms with Gasteiger partial charge in [-0.05, 0) is 29.3 Å². The van der Waals surface area contributed by atoms with Crippen LogP contribution in [0.15, 0.2) is 36.4 Å². The molecule has 0 atom stereocenters. The van der Waals surface area contributed by atoms with Gasteiger partial charge in [0, 0.05) is 19.0 Å². The third-order valence-corrected chi connectivity index (χ3v) is 3.65. The Bertz CT molecular complexity index is 640. The van der Waals surface area contributed by atoms with E-state index < -0.39 is 0 Å². The summed E-state index contributed by atoms with van der Waals surface area (Å²) in [5.74, 6) is 2.58. The molecule has 110 valence electrons. The number of methoxy groups -OCH3 is 2. The Morgan fingerprint density at radius 1 is 1.10 bits per heavy atom. The van der Waals surface area contributed by atoms with Crippen LogP contribution in [0.2, 0.25) is 0 Å². The number of benzene rings is 2. The molecule has 0 saturated heterocycles. The summed E-state index contributed by atoms with van der Waals surface area (Å²) < 4.78 is 16.1. The Kier molecular flexibility index (Phi) is 3.86. The molecule has 0 spiro atoms. The second-order valence-electron chi connectivity index (χ2n) is 4.96. The van der Waals surface area contributed by atoms with Crippen LogP contribution in [0.25, 0.3) is 0 Å². The standard InChI is InChI=1S/C17H19NO3/c1-19-14-4-5-15(17(10-14)20-2)18-11-12-3-6-16-13(9-12)7-8-21-16/h3-6,9-10,18H,7-8,11H2,1-2H3. The van der Waals surface area contributed by atoms with Gasteiger partial charge < -0.3 is 19.5 Å². The zero-order valence-corrected chi connectivity index (χ0v) is 12.3. The fraction of sp³-hybridized carbons (Fsp3) is 0.294. The van der Waals surface area contributed by atoms with E-state index in [-0.39, 0.29) is 0 Å². The summed E-state index contributed by atoms with van der Waals surface area (Å²) in [6.07, 6.45) is 0.995. The molecule has 0 bridgehead atoms. The molecular formula is C17H19NO3. The monoisotopic (exact) mass is 285 g/mol. The van der Waals surface area contributed by atoms with Gasteiger partial charge in [-0.15, -0.1) is 0 Å². The predicted octanol–water partition coefficient (Wildman–Crippen LogP) is 3.25. The number of fused-ring (bicyclic) bond motifs is 1. The highest BCUT2D eigenvalue weighted by molar-refractivity contribution is 5.59. The van der Waals surface area contributed by atoms with Crippen molar-refractivity contribution in [3.05, 3.63) is 47.5 Å². The van der Waals surface area contributed by atoms with E-state index in [0.717, 1.165) is 42.5 Å². The van der Waals surface area contributed by atoms with E-state index >= 15 is 0 Å². The maximum Gasteiger partial charge on any atom is 0.145 e. The smallest absolute Gasteiger partial charge is 0.145 e. The van der Waals surface area contributed by atoms with E-state index in [1.165, 1.54) is 11.1 Å². The molecule has 0 aliphatic carbocycles. The molecule has 0 fully saturated rings. The van der Waals surface area contributed by atoms with Crippen molar-refractivity contribution >= 4 is 5.69 Å². The lowest BCUT2D eigenvalue weighted by Crippen LogP contribution is -2.02. The average Bonchev–Trinajstić information content (AvgIpc) is 3.00. The third kappa shape index (κ3) is 2.89. The molecule has 21 heavy (non-hydrogen) atoms. The van der Waals surface area contributed by atoms with Gasteiger partial charge in [0.05, 0.1) is 26.5 Å². The summed E-state index contributed by atoms with van der Waals surface area (Å²) in [7, 11) is 3.31. The number of ether oxygens (including phenoxy) is 3. The molecule has 1 aliphatic rings. The molecule has 0 unspecified atom stereocenters. The van der Waals surface area contributed by atoms with Gasteiger partial charge in [0.1, 0.15) is 17.2 Å². The van der Waals surface area contributed by atoms with Crippen molar-refractivity contribution in [2.45, 2.75) is 13.0 Å². The highest BCUT2D eigenvalue weighted by Gasteiger charge is 2.12. The second-order valence-corrected chi connectivity index (χ2v) is 4.96. The summed E-state index contributed by atoms with van der Waals surface area (Å²) in [6.45, 7) is 1.54. The first-order valence-electron chi connectivity index (χ1n) is 7.00. The first-order valence-corrected chi connectivity index (χ1v) is 7.00. The van der Waals surface area contributed by atoms with Gasteiger partial charge in [0.25, 0.3) is 0 Å². The molecule has 4 heteroatoms. The molecule has 2 aromatic carbocycles. The summed E-state index contributed by atoms with van der Waals surface area (Å²) in [4.78, 5) is 0. The van der Waals surface area contributed by atoms with Crippen LogP contribution >= 0.6 is 0 Å². The minimum absolute atomic E-state index is 0.746. The highest BCUT2D eigenvalue weighted by Crippen LogP contribution is 2.30. The SMILES string of the molecule is COc1ccc(NCc2ccc3c(c2)CCO3)c(OC)c1. The van der Waals surface area contributed by atoms with E-state index in [9.17, 15) is 0 Å². The normalized spacial score (nSPS) is 12.5. The molecule has 0 aromatic heterocycles. The Hall–Kier alpha value is -2.36. The average molecular weight is 285 g/mol. The van der Waals surface area contributed by atoms with Gasteiger partial charge in [-0.1, -0.05) is 12.1 Å². The molecule has 1 aliphatic heterocycles. The molecular weight excluding hydrogens is 266 g/mol. The maximum absolute atomic E-state index is 5.52. The number of hydrogen-bond donors (Lipinski definition) is 1. The summed E-state index contributed by atoms with van der Waals surface area (Å²) in [5, 5.41) is 3.40. The van der Waals surface area contributed by atoms with E-state index in [1.807, 2.05) is 24.3 Å². The Balaban J connectivity index is 1.72. The first-order chi connectivity index (χ1) is 10.3. The van der Waals surface area contributed by atoms with Gasteiger partial charge in [-0.25, -0.2) is 0 Å². The number of hydrogen-bond acceptors (Lipinski definition) is 4. The van der Waals surface area contributed by atoms with Crippen molar-refractivity contribution < 1.29 is 14.2 Å². The largest absolute Gasteiger partial charge is 0.497 e. The van der Waals surface area contributed by atoms with Crippen LogP contribution in [0.4, 0.5) is 5.69 Å². The fourth-order valence-corrected chi connectivity index (χ4v) is 2.49. The molecule has 0 amide bonds. The molecule has 1 heterocycles. The van der Waals surface area contributed by atoms with E-state index in [0.29, 0.717) is 0 Å². The fourth-order valence-electron chi connectivity index (χ4n) is 2.49. The Morgan fingerprint density at radius 2 is 2.00 bits per heavy atom. The van der Waals surface area contributed by atoms with Gasteiger partial charge in [-0.3, -0.25) is 0 Å². The molecule has 0 radical (unpaired) electrons. The quantitative estimate of drug-likeness (QED) is 0.915. The van der Waals surface area contributed by atoms with Crippen molar-refractivity contribution in [2.75, 3.05) is 26.1 Å². The zero-order valence-electron chi connectivity index (χ0n) is 12.3. The number of anilines is 1. The lowest BCUT2D eigenvalue weighted by atomic mass is 10.1. The van der Waals surface area contributed by atoms with Crippen LogP contribution in [-0.4, -0.2) is 20.8 Å². The predicted molar refractivity (Wildman–Crippen MR) is 82.5 cm³/mol. The molecule has 4 nitrogen and oxygen atoms in total. The van der Waals surface area contributed by atoms with Crippen LogP contribution in [0.3, 0.4) is 0 Å². The van der Waals surface area contributed by atoms with Crippen molar-refractivity contribution in [3.8, 4) is 17.2 Å². The van der Waals surface area contributed by atoms with Crippen LogP contribution in [0.1, 0.15) is 11.1 Å². The summed E-state index contributed by atoms with van der Waals surface area (Å²) >= 11 is 0. The van der Waals surface area contributed by atoms with Crippen molar-refractivity contribution in [1.82, 2.24) is 0 Å². The van der Waals surface area contributed by atoms with Crippen molar-refractivity contribution in [1.29, 1.82) is 0 Å². The van der Waals surface area contributed by atoms with Crippen LogP contribution in [0, 0.1) is 0 Å². The highest BCUT2D eigenvalue weighted by atomic mass is 16.5. The number of nitrogens with one attached hydrogen (secondary N) is 1. The van der Waals surface area contributed by atoms with Crippen LogP contribution in [-0.2, 0) is 13.0 Å². The van der Waals surface area contributed by atoms with Crippen molar-refractivity contribution in [3.63, 3.8) is 0 Å². The molecule has 3 rings (SSSR count). The Labute approximate surface area is 124 Å². The lowest BCUT2D eigenvalue weighted by molar-refractivity contribution is 0.357. The van der Waals surface area contributed by atoms with Crippen LogP contribution in [0.5, 0.6) is 17.2 Å². The number of rotatable bonds is 5. The summed E-state index contributed by atoms with van der Waals surface area (Å²) in [5.41, 5.74) is 3.48. The van der Waals surface area contributed by atoms with E-state index in [4.69, 9.17) is 14.2 Å². The third-order valence-electron chi connectivity index (χ3n) is 3.65. The topological polar surface area (TPSA) is 39.7 Å². The second kappa shape index (κ2) is 5.95. The van der Waals surface area contributed by atoms with Gasteiger partial charge in [-0.2, -0.15) is 0 Å². The minimum Gasteiger partial charge on any atom is -0.497 e. The zero-order chi connectivity index (χ0) is 14.7. The van der Waals surface area contributed by atoms with Crippen molar-refractivity contribution in [2.24, 2.45) is 0 Å². The maximum atomic E-state index is 5.52. The molecule has 0 saturated carbocycles. The van der Waals surface area contributed by atoms with Crippen LogP contribution < -0.4 is 19.5 Å². The summed E-state index contributed by atoms with van der Waals surface area (Å²) in [6, 6.07) is 12.1. The van der Waals surface area contributed by atoms with Gasteiger partial charge in [0.15, 0.2) is 0 Å². The van der Waals surface area contributed by atoms with Gasteiger partial charge >= 0.3 is 0 Å². The van der Waals surface area contributed by atoms with Gasteiger partial charge in [0.2, 0.25) is 0 Å². The lowest BCUT2D eigenvalue weighted by Gasteiger charge is -2.13.